The van der Waals surface area contributed by atoms with Crippen molar-refractivity contribution in [1.29, 1.82) is 5.26 Å². The summed E-state index contributed by atoms with van der Waals surface area (Å²) in [5.41, 5.74) is 5.25. The van der Waals surface area contributed by atoms with E-state index >= 15 is 0 Å². The van der Waals surface area contributed by atoms with Gasteiger partial charge in [0.15, 0.2) is 0 Å². The summed E-state index contributed by atoms with van der Waals surface area (Å²) >= 11 is 0. The first kappa shape index (κ1) is 11.7. The van der Waals surface area contributed by atoms with Crippen LogP contribution in [0.25, 0.3) is 16.8 Å². The zero-order valence-electron chi connectivity index (χ0n) is 9.42. The van der Waals surface area contributed by atoms with E-state index < -0.39 is 5.91 Å². The first-order valence-corrected chi connectivity index (χ1v) is 5.26. The second kappa shape index (κ2) is 4.60. The molecule has 0 heterocycles. The minimum Gasteiger partial charge on any atom is -0.507 e. The van der Waals surface area contributed by atoms with Gasteiger partial charge >= 0.3 is 0 Å². The van der Waals surface area contributed by atoms with Crippen LogP contribution in [0.4, 0.5) is 0 Å². The van der Waals surface area contributed by atoms with Crippen molar-refractivity contribution in [2.24, 2.45) is 5.73 Å². The fourth-order valence-electron chi connectivity index (χ4n) is 1.70. The third-order valence-corrected chi connectivity index (χ3v) is 2.62. The van der Waals surface area contributed by atoms with Crippen molar-refractivity contribution in [2.45, 2.75) is 0 Å². The summed E-state index contributed by atoms with van der Waals surface area (Å²) in [7, 11) is 0. The van der Waals surface area contributed by atoms with E-state index in [1.807, 2.05) is 12.1 Å². The standard InChI is InChI=1S/C14H10N2O2/c15-8-11(14(16)18)7-10-6-5-9-3-1-2-4-12(9)13(10)17/h1-7,17H,(H2,16,18). The van der Waals surface area contributed by atoms with Crippen LogP contribution in [0.15, 0.2) is 42.0 Å². The van der Waals surface area contributed by atoms with Crippen LogP contribution in [0.5, 0.6) is 5.75 Å². The maximum atomic E-state index is 11.0. The largest absolute Gasteiger partial charge is 0.507 e. The lowest BCUT2D eigenvalue weighted by molar-refractivity contribution is -0.114. The number of fused-ring (bicyclic) bond motifs is 1. The van der Waals surface area contributed by atoms with E-state index in [4.69, 9.17) is 11.0 Å². The number of carbonyl (C=O) groups excluding carboxylic acids is 1. The minimum absolute atomic E-state index is 0.0297. The topological polar surface area (TPSA) is 87.1 Å². The van der Waals surface area contributed by atoms with Crippen LogP contribution in [-0.2, 0) is 4.79 Å². The third kappa shape index (κ3) is 2.02. The lowest BCUT2D eigenvalue weighted by Crippen LogP contribution is -2.12. The van der Waals surface area contributed by atoms with Gasteiger partial charge in [-0.05, 0) is 11.5 Å². The summed E-state index contributed by atoms with van der Waals surface area (Å²) in [5, 5.41) is 20.4. The maximum Gasteiger partial charge on any atom is 0.259 e. The number of nitrogens with two attached hydrogens (primary N) is 1. The molecule has 0 aromatic heterocycles. The zero-order valence-corrected chi connectivity index (χ0v) is 9.42. The summed E-state index contributed by atoms with van der Waals surface area (Å²) in [6, 6.07) is 12.4. The number of hydrogen-bond acceptors (Lipinski definition) is 3. The van der Waals surface area contributed by atoms with Crippen LogP contribution in [0.1, 0.15) is 5.56 Å². The molecule has 4 heteroatoms. The molecular weight excluding hydrogens is 228 g/mol. The lowest BCUT2D eigenvalue weighted by atomic mass is 10.0. The molecule has 0 saturated heterocycles. The Morgan fingerprint density at radius 3 is 2.67 bits per heavy atom. The maximum absolute atomic E-state index is 11.0. The summed E-state index contributed by atoms with van der Waals surface area (Å²) < 4.78 is 0. The summed E-state index contributed by atoms with van der Waals surface area (Å²) in [4.78, 5) is 11.0. The number of rotatable bonds is 2. The van der Waals surface area contributed by atoms with Crippen molar-refractivity contribution in [3.63, 3.8) is 0 Å². The molecule has 2 rings (SSSR count). The summed E-state index contributed by atoms with van der Waals surface area (Å²) in [6.07, 6.45) is 1.28. The van der Waals surface area contributed by atoms with E-state index in [2.05, 4.69) is 0 Å². The van der Waals surface area contributed by atoms with Crippen molar-refractivity contribution >= 4 is 22.8 Å². The van der Waals surface area contributed by atoms with Crippen LogP contribution < -0.4 is 5.73 Å². The highest BCUT2D eigenvalue weighted by Gasteiger charge is 2.08. The first-order valence-electron chi connectivity index (χ1n) is 5.26. The van der Waals surface area contributed by atoms with Crippen molar-refractivity contribution in [3.8, 4) is 11.8 Å². The predicted molar refractivity (Wildman–Crippen MR) is 68.4 cm³/mol. The number of carbonyl (C=O) groups is 1. The monoisotopic (exact) mass is 238 g/mol. The van der Waals surface area contributed by atoms with Gasteiger partial charge in [-0.3, -0.25) is 4.79 Å². The van der Waals surface area contributed by atoms with Gasteiger partial charge in [0.1, 0.15) is 17.4 Å². The Bertz CT molecular complexity index is 696. The number of primary amides is 1. The normalized spacial score (nSPS) is 11.2. The van der Waals surface area contributed by atoms with Crippen LogP contribution in [0.3, 0.4) is 0 Å². The molecule has 0 aliphatic rings. The van der Waals surface area contributed by atoms with Crippen LogP contribution in [-0.4, -0.2) is 11.0 Å². The number of aromatic hydroxyl groups is 1. The average molecular weight is 238 g/mol. The number of phenols is 1. The van der Waals surface area contributed by atoms with Gasteiger partial charge in [-0.2, -0.15) is 5.26 Å². The fraction of sp³-hybridized carbons (Fsp3) is 0. The molecule has 0 saturated carbocycles. The Balaban J connectivity index is 2.64. The number of nitriles is 1. The molecule has 1 amide bonds. The summed E-state index contributed by atoms with van der Waals surface area (Å²) in [5.74, 6) is -0.785. The molecule has 2 aromatic carbocycles. The zero-order chi connectivity index (χ0) is 13.1. The molecule has 88 valence electrons. The van der Waals surface area contributed by atoms with Crippen LogP contribution in [0, 0.1) is 11.3 Å². The molecule has 0 fully saturated rings. The highest BCUT2D eigenvalue weighted by Crippen LogP contribution is 2.29. The smallest absolute Gasteiger partial charge is 0.259 e. The molecule has 0 atom stereocenters. The van der Waals surface area contributed by atoms with Gasteiger partial charge in [-0.15, -0.1) is 0 Å². The highest BCUT2D eigenvalue weighted by molar-refractivity contribution is 6.02. The number of phenolic OH excluding ortho intramolecular Hbond substituents is 1. The molecule has 0 unspecified atom stereocenters. The van der Waals surface area contributed by atoms with Crippen molar-refractivity contribution in [1.82, 2.24) is 0 Å². The van der Waals surface area contributed by atoms with Crippen molar-refractivity contribution in [3.05, 3.63) is 47.5 Å². The Kier molecular flexibility index (Phi) is 2.98. The van der Waals surface area contributed by atoms with Crippen LogP contribution >= 0.6 is 0 Å². The average Bonchev–Trinajstić information content (AvgIpc) is 2.38. The number of benzene rings is 2. The fourth-order valence-corrected chi connectivity index (χ4v) is 1.70. The van der Waals surface area contributed by atoms with Gasteiger partial charge in [0.2, 0.25) is 0 Å². The Hall–Kier alpha value is -2.80. The van der Waals surface area contributed by atoms with Crippen molar-refractivity contribution < 1.29 is 9.90 Å². The number of amides is 1. The predicted octanol–water partition coefficient (Wildman–Crippen LogP) is 1.94. The third-order valence-electron chi connectivity index (χ3n) is 2.62. The molecule has 0 aliphatic heterocycles. The molecule has 4 nitrogen and oxygen atoms in total. The molecule has 0 aliphatic carbocycles. The molecule has 3 N–H and O–H groups in total. The molecule has 0 radical (unpaired) electrons. The summed E-state index contributed by atoms with van der Waals surface area (Å²) in [6.45, 7) is 0. The van der Waals surface area contributed by atoms with Gasteiger partial charge in [-0.1, -0.05) is 36.4 Å². The van der Waals surface area contributed by atoms with Crippen molar-refractivity contribution in [2.75, 3.05) is 0 Å². The molecule has 18 heavy (non-hydrogen) atoms. The second-order valence-electron chi connectivity index (χ2n) is 3.76. The first-order chi connectivity index (χ1) is 8.63. The van der Waals surface area contributed by atoms with Gasteiger partial charge in [0, 0.05) is 10.9 Å². The molecule has 0 bridgehead atoms. The van der Waals surface area contributed by atoms with E-state index in [9.17, 15) is 9.90 Å². The van der Waals surface area contributed by atoms with Gasteiger partial charge in [0.05, 0.1) is 0 Å². The molecule has 0 spiro atoms. The SMILES string of the molecule is N#CC(=Cc1ccc2ccccc2c1O)C(N)=O. The Morgan fingerprint density at radius 2 is 2.00 bits per heavy atom. The van der Waals surface area contributed by atoms with Gasteiger partial charge in [0.25, 0.3) is 5.91 Å². The quantitative estimate of drug-likeness (QED) is 0.619. The van der Waals surface area contributed by atoms with Gasteiger partial charge in [-0.25, -0.2) is 0 Å². The van der Waals surface area contributed by atoms with Gasteiger partial charge < -0.3 is 10.8 Å². The Morgan fingerprint density at radius 1 is 1.28 bits per heavy atom. The van der Waals surface area contributed by atoms with E-state index in [1.54, 1.807) is 30.3 Å². The number of nitrogens with zero attached hydrogens (tertiary/aromatic N) is 1. The van der Waals surface area contributed by atoms with E-state index in [-0.39, 0.29) is 11.3 Å². The second-order valence-corrected chi connectivity index (χ2v) is 3.76. The van der Waals surface area contributed by atoms with E-state index in [0.29, 0.717) is 10.9 Å². The molecule has 2 aromatic rings. The highest BCUT2D eigenvalue weighted by atomic mass is 16.3. The number of hydrogen-bond donors (Lipinski definition) is 2. The van der Waals surface area contributed by atoms with Crippen LogP contribution in [0.2, 0.25) is 0 Å². The minimum atomic E-state index is -0.815. The van der Waals surface area contributed by atoms with E-state index in [0.717, 1.165) is 5.39 Å². The molecular formula is C14H10N2O2. The lowest BCUT2D eigenvalue weighted by Gasteiger charge is -2.04. The Labute approximate surface area is 104 Å². The van der Waals surface area contributed by atoms with E-state index in [1.165, 1.54) is 6.08 Å².